The number of non-ortho nitro benzene ring substituents is 1. The fourth-order valence-electron chi connectivity index (χ4n) is 3.71. The first-order valence-electron chi connectivity index (χ1n) is 9.69. The number of ketones is 1. The van der Waals surface area contributed by atoms with Crippen LogP contribution in [0.2, 0.25) is 0 Å². The van der Waals surface area contributed by atoms with Crippen molar-refractivity contribution in [1.29, 1.82) is 0 Å². The number of aliphatic hydroxyl groups excluding tert-OH is 1. The number of likely N-dealkylation sites (tertiary alicyclic amines) is 1. The van der Waals surface area contributed by atoms with E-state index in [0.717, 1.165) is 10.0 Å². The minimum Gasteiger partial charge on any atom is -0.507 e. The number of hydrogen-bond acceptors (Lipinski definition) is 5. The second-order valence-electron chi connectivity index (χ2n) is 7.27. The number of amides is 1. The Morgan fingerprint density at radius 1 is 0.969 bits per heavy atom. The van der Waals surface area contributed by atoms with E-state index in [1.54, 1.807) is 24.3 Å². The Labute approximate surface area is 191 Å². The normalized spacial score (nSPS) is 17.5. The van der Waals surface area contributed by atoms with Gasteiger partial charge in [-0.2, -0.15) is 0 Å². The molecule has 1 atom stereocenters. The third kappa shape index (κ3) is 4.04. The molecule has 160 valence electrons. The van der Waals surface area contributed by atoms with Crippen molar-refractivity contribution in [3.8, 4) is 0 Å². The van der Waals surface area contributed by atoms with Gasteiger partial charge >= 0.3 is 0 Å². The quantitative estimate of drug-likeness (QED) is 0.178. The maximum absolute atomic E-state index is 13.0. The number of Topliss-reactive ketones (excluding diaryl/α,β-unsaturated/α-hetero) is 1. The first kappa shape index (κ1) is 21.5. The molecule has 1 heterocycles. The molecule has 3 aromatic rings. The van der Waals surface area contributed by atoms with Crippen molar-refractivity contribution in [2.24, 2.45) is 0 Å². The van der Waals surface area contributed by atoms with Crippen LogP contribution < -0.4 is 0 Å². The number of nitro groups is 1. The van der Waals surface area contributed by atoms with Gasteiger partial charge in [0, 0.05) is 28.7 Å². The summed E-state index contributed by atoms with van der Waals surface area (Å²) >= 11 is 3.38. The molecule has 0 bridgehead atoms. The predicted molar refractivity (Wildman–Crippen MR) is 122 cm³/mol. The lowest BCUT2D eigenvalue weighted by molar-refractivity contribution is -0.384. The average Bonchev–Trinajstić information content (AvgIpc) is 3.05. The minimum atomic E-state index is -0.807. The standard InChI is InChI=1S/C24H17BrN2O5/c25-18-10-6-16(7-11-18)21-20(22(28)17-8-12-19(13-9-17)27(31)32)23(29)24(30)26(21)14-15-4-2-1-3-5-15/h1-13,21,28H,14H2/b22-20+. The highest BCUT2D eigenvalue weighted by molar-refractivity contribution is 9.10. The van der Waals surface area contributed by atoms with Crippen LogP contribution in [0.1, 0.15) is 22.7 Å². The highest BCUT2D eigenvalue weighted by atomic mass is 79.9. The van der Waals surface area contributed by atoms with Gasteiger partial charge in [0.05, 0.1) is 16.5 Å². The molecule has 1 saturated heterocycles. The second-order valence-corrected chi connectivity index (χ2v) is 8.18. The largest absolute Gasteiger partial charge is 0.507 e. The first-order valence-corrected chi connectivity index (χ1v) is 10.5. The number of hydrogen-bond donors (Lipinski definition) is 1. The van der Waals surface area contributed by atoms with Gasteiger partial charge < -0.3 is 10.0 Å². The molecule has 1 fully saturated rings. The van der Waals surface area contributed by atoms with Crippen molar-refractivity contribution in [3.05, 3.63) is 116 Å². The van der Waals surface area contributed by atoms with E-state index in [1.165, 1.54) is 29.2 Å². The van der Waals surface area contributed by atoms with Gasteiger partial charge in [-0.15, -0.1) is 0 Å². The van der Waals surface area contributed by atoms with Crippen molar-refractivity contribution in [2.45, 2.75) is 12.6 Å². The zero-order chi connectivity index (χ0) is 22.8. The summed E-state index contributed by atoms with van der Waals surface area (Å²) in [5.74, 6) is -1.89. The van der Waals surface area contributed by atoms with Gasteiger partial charge in [-0.25, -0.2) is 0 Å². The van der Waals surface area contributed by atoms with Crippen LogP contribution in [0, 0.1) is 10.1 Å². The van der Waals surface area contributed by atoms with Crippen LogP contribution in [0.5, 0.6) is 0 Å². The van der Waals surface area contributed by atoms with Crippen LogP contribution in [0.25, 0.3) is 5.76 Å². The molecule has 1 aliphatic rings. The molecule has 7 nitrogen and oxygen atoms in total. The Bertz CT molecular complexity index is 1220. The molecule has 0 aromatic heterocycles. The third-order valence-electron chi connectivity index (χ3n) is 5.27. The zero-order valence-corrected chi connectivity index (χ0v) is 18.2. The molecule has 0 spiro atoms. The number of aliphatic hydroxyl groups is 1. The summed E-state index contributed by atoms with van der Waals surface area (Å²) in [5.41, 5.74) is 1.52. The van der Waals surface area contributed by atoms with Crippen LogP contribution in [0.4, 0.5) is 5.69 Å². The summed E-state index contributed by atoms with van der Waals surface area (Å²) in [7, 11) is 0. The van der Waals surface area contributed by atoms with Crippen molar-refractivity contribution >= 4 is 39.1 Å². The SMILES string of the molecule is O=C1C(=O)N(Cc2ccccc2)C(c2ccc(Br)cc2)/C1=C(\O)c1ccc([N+](=O)[O-])cc1. The summed E-state index contributed by atoms with van der Waals surface area (Å²) in [4.78, 5) is 37.8. The van der Waals surface area contributed by atoms with Crippen molar-refractivity contribution in [2.75, 3.05) is 0 Å². The maximum atomic E-state index is 13.0. The monoisotopic (exact) mass is 492 g/mol. The fraction of sp³-hybridized carbons (Fsp3) is 0.0833. The van der Waals surface area contributed by atoms with Gasteiger partial charge in [-0.1, -0.05) is 58.4 Å². The van der Waals surface area contributed by atoms with Crippen LogP contribution in [-0.4, -0.2) is 26.6 Å². The molecule has 32 heavy (non-hydrogen) atoms. The van der Waals surface area contributed by atoms with E-state index in [1.807, 2.05) is 30.3 Å². The first-order chi connectivity index (χ1) is 15.4. The molecular formula is C24H17BrN2O5. The van der Waals surface area contributed by atoms with E-state index in [4.69, 9.17) is 0 Å². The Morgan fingerprint density at radius 2 is 1.59 bits per heavy atom. The maximum Gasteiger partial charge on any atom is 0.295 e. The topological polar surface area (TPSA) is 101 Å². The fourth-order valence-corrected chi connectivity index (χ4v) is 3.98. The minimum absolute atomic E-state index is 0.0536. The summed E-state index contributed by atoms with van der Waals surface area (Å²) in [6.45, 7) is 0.184. The average molecular weight is 493 g/mol. The molecule has 4 rings (SSSR count). The van der Waals surface area contributed by atoms with Gasteiger partial charge in [0.25, 0.3) is 17.4 Å². The van der Waals surface area contributed by atoms with E-state index in [2.05, 4.69) is 15.9 Å². The molecule has 8 heteroatoms. The molecule has 0 radical (unpaired) electrons. The number of benzene rings is 3. The van der Waals surface area contributed by atoms with Gasteiger partial charge in [0.15, 0.2) is 0 Å². The Hall–Kier alpha value is -3.78. The lowest BCUT2D eigenvalue weighted by atomic mass is 9.95. The van der Waals surface area contributed by atoms with Crippen LogP contribution in [0.15, 0.2) is 88.9 Å². The molecule has 1 N–H and O–H groups in total. The summed E-state index contributed by atoms with van der Waals surface area (Å²) < 4.78 is 0.830. The molecule has 1 unspecified atom stereocenters. The van der Waals surface area contributed by atoms with Crippen LogP contribution in [-0.2, 0) is 16.1 Å². The molecule has 1 aliphatic heterocycles. The number of carbonyl (C=O) groups excluding carboxylic acids is 2. The highest BCUT2D eigenvalue weighted by Gasteiger charge is 2.46. The lowest BCUT2D eigenvalue weighted by Crippen LogP contribution is -2.29. The van der Waals surface area contributed by atoms with E-state index >= 15 is 0 Å². The highest BCUT2D eigenvalue weighted by Crippen LogP contribution is 2.40. The Balaban J connectivity index is 1.84. The number of nitro benzene ring substituents is 1. The number of halogens is 1. The molecule has 0 aliphatic carbocycles. The third-order valence-corrected chi connectivity index (χ3v) is 5.80. The summed E-state index contributed by atoms with van der Waals surface area (Å²) in [6.07, 6.45) is 0. The van der Waals surface area contributed by atoms with Gasteiger partial charge in [0.1, 0.15) is 5.76 Å². The van der Waals surface area contributed by atoms with E-state index < -0.39 is 22.7 Å². The smallest absolute Gasteiger partial charge is 0.295 e. The number of carbonyl (C=O) groups is 2. The lowest BCUT2D eigenvalue weighted by Gasteiger charge is -2.25. The van der Waals surface area contributed by atoms with Crippen LogP contribution >= 0.6 is 15.9 Å². The van der Waals surface area contributed by atoms with Crippen LogP contribution in [0.3, 0.4) is 0 Å². The van der Waals surface area contributed by atoms with Gasteiger partial charge in [0.2, 0.25) is 0 Å². The Morgan fingerprint density at radius 3 is 2.19 bits per heavy atom. The zero-order valence-electron chi connectivity index (χ0n) is 16.6. The summed E-state index contributed by atoms with van der Waals surface area (Å²) in [5, 5.41) is 21.9. The second kappa shape index (κ2) is 8.76. The predicted octanol–water partition coefficient (Wildman–Crippen LogP) is 4.98. The van der Waals surface area contributed by atoms with Crippen molar-refractivity contribution in [1.82, 2.24) is 4.90 Å². The number of rotatable bonds is 5. The molecule has 1 amide bonds. The van der Waals surface area contributed by atoms with Crippen molar-refractivity contribution in [3.63, 3.8) is 0 Å². The van der Waals surface area contributed by atoms with E-state index in [9.17, 15) is 24.8 Å². The van der Waals surface area contributed by atoms with Gasteiger partial charge in [-0.05, 0) is 35.4 Å². The molecule has 0 saturated carbocycles. The summed E-state index contributed by atoms with van der Waals surface area (Å²) in [6, 6.07) is 20.8. The van der Waals surface area contributed by atoms with E-state index in [0.29, 0.717) is 5.56 Å². The van der Waals surface area contributed by atoms with Gasteiger partial charge in [-0.3, -0.25) is 19.7 Å². The van der Waals surface area contributed by atoms with E-state index in [-0.39, 0.29) is 29.1 Å². The number of nitrogens with zero attached hydrogens (tertiary/aromatic N) is 2. The molecule has 3 aromatic carbocycles. The molecular weight excluding hydrogens is 476 g/mol. The Kier molecular flexibility index (Phi) is 5.87. The van der Waals surface area contributed by atoms with Crippen molar-refractivity contribution < 1.29 is 19.6 Å².